The van der Waals surface area contributed by atoms with E-state index in [1.807, 2.05) is 0 Å². The Labute approximate surface area is 124 Å². The molecule has 1 aliphatic heterocycles. The van der Waals surface area contributed by atoms with Crippen LogP contribution in [-0.4, -0.2) is 61.9 Å². The summed E-state index contributed by atoms with van der Waals surface area (Å²) in [6.45, 7) is 6.40. The second-order valence-corrected chi connectivity index (χ2v) is 5.11. The van der Waals surface area contributed by atoms with Gasteiger partial charge in [0.15, 0.2) is 0 Å². The van der Waals surface area contributed by atoms with Gasteiger partial charge in [-0.05, 0) is 13.0 Å². The number of nitrogens with one attached hydrogen (secondary N) is 1. The standard InChI is InChI=1S/C14H22N4O3/c1-10(9-18-3-5-21-6-4-18)17-13-7-11(14(19)20-2)12(15)8-16-13/h7-8,10H,3-6,9,15H2,1-2H3,(H,16,17). The van der Waals surface area contributed by atoms with Crippen molar-refractivity contribution in [2.45, 2.75) is 13.0 Å². The van der Waals surface area contributed by atoms with Crippen LogP contribution in [0.15, 0.2) is 12.3 Å². The largest absolute Gasteiger partial charge is 0.465 e. The first kappa shape index (κ1) is 15.5. The maximum atomic E-state index is 11.6. The number of nitrogens with zero attached hydrogens (tertiary/aromatic N) is 2. The Hall–Kier alpha value is -1.86. The molecule has 2 rings (SSSR count). The zero-order valence-electron chi connectivity index (χ0n) is 12.5. The zero-order chi connectivity index (χ0) is 15.2. The number of nitrogen functional groups attached to an aromatic ring is 1. The van der Waals surface area contributed by atoms with Crippen molar-refractivity contribution in [2.75, 3.05) is 51.0 Å². The average Bonchev–Trinajstić information content (AvgIpc) is 2.49. The molecular weight excluding hydrogens is 272 g/mol. The summed E-state index contributed by atoms with van der Waals surface area (Å²) in [5.74, 6) is 0.157. The smallest absolute Gasteiger partial charge is 0.340 e. The number of carbonyl (C=O) groups excluding carboxylic acids is 1. The lowest BCUT2D eigenvalue weighted by Gasteiger charge is -2.29. The van der Waals surface area contributed by atoms with E-state index >= 15 is 0 Å². The van der Waals surface area contributed by atoms with Gasteiger partial charge in [0, 0.05) is 25.7 Å². The molecule has 1 saturated heterocycles. The summed E-state index contributed by atoms with van der Waals surface area (Å²) < 4.78 is 10.0. The molecule has 7 heteroatoms. The van der Waals surface area contributed by atoms with Crippen molar-refractivity contribution in [3.8, 4) is 0 Å². The molecular formula is C14H22N4O3. The summed E-state index contributed by atoms with van der Waals surface area (Å²) in [6.07, 6.45) is 1.47. The molecule has 2 heterocycles. The Morgan fingerprint density at radius 3 is 2.95 bits per heavy atom. The van der Waals surface area contributed by atoms with Crippen LogP contribution in [0.4, 0.5) is 11.5 Å². The van der Waals surface area contributed by atoms with Gasteiger partial charge in [-0.1, -0.05) is 0 Å². The van der Waals surface area contributed by atoms with E-state index in [-0.39, 0.29) is 6.04 Å². The van der Waals surface area contributed by atoms with Gasteiger partial charge in [0.25, 0.3) is 0 Å². The third kappa shape index (κ3) is 4.30. The maximum Gasteiger partial charge on any atom is 0.340 e. The first-order valence-corrected chi connectivity index (χ1v) is 7.00. The van der Waals surface area contributed by atoms with Gasteiger partial charge in [-0.25, -0.2) is 9.78 Å². The molecule has 0 amide bonds. The minimum atomic E-state index is -0.459. The lowest BCUT2D eigenvalue weighted by atomic mass is 10.2. The highest BCUT2D eigenvalue weighted by Gasteiger charge is 2.16. The molecule has 1 fully saturated rings. The van der Waals surface area contributed by atoms with E-state index in [1.54, 1.807) is 6.07 Å². The number of hydrogen-bond donors (Lipinski definition) is 2. The molecule has 21 heavy (non-hydrogen) atoms. The third-order valence-electron chi connectivity index (χ3n) is 3.37. The number of carbonyl (C=O) groups is 1. The summed E-state index contributed by atoms with van der Waals surface area (Å²) in [5, 5.41) is 3.28. The fraction of sp³-hybridized carbons (Fsp3) is 0.571. The van der Waals surface area contributed by atoms with Crippen LogP contribution in [0.2, 0.25) is 0 Å². The van der Waals surface area contributed by atoms with Crippen molar-refractivity contribution in [1.29, 1.82) is 0 Å². The molecule has 1 aromatic heterocycles. The third-order valence-corrected chi connectivity index (χ3v) is 3.37. The summed E-state index contributed by atoms with van der Waals surface area (Å²) in [5.41, 5.74) is 6.37. The molecule has 1 aliphatic rings. The van der Waals surface area contributed by atoms with Crippen molar-refractivity contribution >= 4 is 17.5 Å². The number of pyridine rings is 1. The number of morpholine rings is 1. The molecule has 0 spiro atoms. The van der Waals surface area contributed by atoms with Crippen LogP contribution in [0.25, 0.3) is 0 Å². The second-order valence-electron chi connectivity index (χ2n) is 5.11. The molecule has 0 aliphatic carbocycles. The molecule has 1 atom stereocenters. The van der Waals surface area contributed by atoms with E-state index in [2.05, 4.69) is 22.1 Å². The number of nitrogens with two attached hydrogens (primary N) is 1. The Kier molecular flexibility index (Phi) is 5.35. The molecule has 1 aromatic rings. The summed E-state index contributed by atoms with van der Waals surface area (Å²) in [4.78, 5) is 18.1. The van der Waals surface area contributed by atoms with E-state index in [0.717, 1.165) is 32.8 Å². The van der Waals surface area contributed by atoms with Crippen molar-refractivity contribution < 1.29 is 14.3 Å². The SMILES string of the molecule is COC(=O)c1cc(NC(C)CN2CCOCC2)ncc1N. The molecule has 0 radical (unpaired) electrons. The highest BCUT2D eigenvalue weighted by molar-refractivity contribution is 5.95. The topological polar surface area (TPSA) is 89.7 Å². The number of anilines is 2. The fourth-order valence-electron chi connectivity index (χ4n) is 2.30. The van der Waals surface area contributed by atoms with E-state index in [0.29, 0.717) is 17.1 Å². The predicted molar refractivity (Wildman–Crippen MR) is 80.3 cm³/mol. The molecule has 0 bridgehead atoms. The molecule has 1 unspecified atom stereocenters. The first-order valence-electron chi connectivity index (χ1n) is 7.00. The quantitative estimate of drug-likeness (QED) is 0.768. The van der Waals surface area contributed by atoms with Crippen LogP contribution in [0, 0.1) is 0 Å². The number of hydrogen-bond acceptors (Lipinski definition) is 7. The fourth-order valence-corrected chi connectivity index (χ4v) is 2.30. The summed E-state index contributed by atoms with van der Waals surface area (Å²) in [7, 11) is 1.33. The summed E-state index contributed by atoms with van der Waals surface area (Å²) in [6, 6.07) is 1.82. The van der Waals surface area contributed by atoms with Crippen LogP contribution in [-0.2, 0) is 9.47 Å². The van der Waals surface area contributed by atoms with Gasteiger partial charge in [-0.15, -0.1) is 0 Å². The van der Waals surface area contributed by atoms with E-state index in [1.165, 1.54) is 13.3 Å². The van der Waals surface area contributed by atoms with Crippen molar-refractivity contribution in [1.82, 2.24) is 9.88 Å². The van der Waals surface area contributed by atoms with E-state index < -0.39 is 5.97 Å². The van der Waals surface area contributed by atoms with Gasteiger partial charge in [0.1, 0.15) is 5.82 Å². The van der Waals surface area contributed by atoms with Crippen molar-refractivity contribution in [2.24, 2.45) is 0 Å². The van der Waals surface area contributed by atoms with Crippen molar-refractivity contribution in [3.63, 3.8) is 0 Å². The molecule has 7 nitrogen and oxygen atoms in total. The number of aromatic nitrogens is 1. The van der Waals surface area contributed by atoms with Crippen LogP contribution in [0.1, 0.15) is 17.3 Å². The van der Waals surface area contributed by atoms with Gasteiger partial charge >= 0.3 is 5.97 Å². The van der Waals surface area contributed by atoms with E-state index in [4.69, 9.17) is 15.2 Å². The first-order chi connectivity index (χ1) is 10.1. The van der Waals surface area contributed by atoms with Gasteiger partial charge in [-0.3, -0.25) is 4.90 Å². The normalized spacial score (nSPS) is 17.2. The number of esters is 1. The van der Waals surface area contributed by atoms with Gasteiger partial charge in [0.05, 0.1) is 37.8 Å². The lowest BCUT2D eigenvalue weighted by Crippen LogP contribution is -2.42. The lowest BCUT2D eigenvalue weighted by molar-refractivity contribution is 0.0368. The van der Waals surface area contributed by atoms with Crippen LogP contribution in [0.5, 0.6) is 0 Å². The van der Waals surface area contributed by atoms with E-state index in [9.17, 15) is 4.79 Å². The van der Waals surface area contributed by atoms with Gasteiger partial charge < -0.3 is 20.5 Å². The molecule has 3 N–H and O–H groups in total. The van der Waals surface area contributed by atoms with Crippen LogP contribution >= 0.6 is 0 Å². The zero-order valence-corrected chi connectivity index (χ0v) is 12.5. The Morgan fingerprint density at radius 1 is 1.57 bits per heavy atom. The predicted octanol–water partition coefficient (Wildman–Crippen LogP) is 0.583. The van der Waals surface area contributed by atoms with Gasteiger partial charge in [-0.2, -0.15) is 0 Å². The van der Waals surface area contributed by atoms with Crippen LogP contribution < -0.4 is 11.1 Å². The monoisotopic (exact) mass is 294 g/mol. The molecule has 0 saturated carbocycles. The van der Waals surface area contributed by atoms with Crippen molar-refractivity contribution in [3.05, 3.63) is 17.8 Å². The molecule has 116 valence electrons. The summed E-state index contributed by atoms with van der Waals surface area (Å²) >= 11 is 0. The minimum absolute atomic E-state index is 0.199. The highest BCUT2D eigenvalue weighted by Crippen LogP contribution is 2.16. The maximum absolute atomic E-state index is 11.6. The van der Waals surface area contributed by atoms with Crippen LogP contribution in [0.3, 0.4) is 0 Å². The highest BCUT2D eigenvalue weighted by atomic mass is 16.5. The van der Waals surface area contributed by atoms with Gasteiger partial charge in [0.2, 0.25) is 0 Å². The Bertz CT molecular complexity index is 489. The average molecular weight is 294 g/mol. The minimum Gasteiger partial charge on any atom is -0.465 e. The number of ether oxygens (including phenoxy) is 2. The number of methoxy groups -OCH3 is 1. The Balaban J connectivity index is 1.96. The Morgan fingerprint density at radius 2 is 2.29 bits per heavy atom. The number of rotatable bonds is 5. The second kappa shape index (κ2) is 7.24. The molecule has 0 aromatic carbocycles.